The zero-order valence-corrected chi connectivity index (χ0v) is 12.2. The number of nitrogens with one attached hydrogen (secondary N) is 1. The number of hydrogen-bond donors (Lipinski definition) is 2. The fourth-order valence-corrected chi connectivity index (χ4v) is 3.31. The van der Waals surface area contributed by atoms with Crippen molar-refractivity contribution in [3.8, 4) is 0 Å². The van der Waals surface area contributed by atoms with Crippen molar-refractivity contribution in [2.75, 3.05) is 16.8 Å². The summed E-state index contributed by atoms with van der Waals surface area (Å²) in [5, 5.41) is 12.8. The molecule has 0 bridgehead atoms. The van der Waals surface area contributed by atoms with Crippen molar-refractivity contribution in [2.24, 2.45) is 0 Å². The summed E-state index contributed by atoms with van der Waals surface area (Å²) in [6, 6.07) is 6.18. The van der Waals surface area contributed by atoms with E-state index in [2.05, 4.69) is 21.2 Å². The Morgan fingerprint density at radius 1 is 1.26 bits per heavy atom. The molecule has 0 saturated heterocycles. The Morgan fingerprint density at radius 2 is 2.00 bits per heavy atom. The molecule has 1 aromatic carbocycles. The molecule has 1 amide bonds. The van der Waals surface area contributed by atoms with Gasteiger partial charge in [-0.05, 0) is 43.9 Å². The molecule has 2 aliphatic rings. The molecule has 1 aliphatic carbocycles. The van der Waals surface area contributed by atoms with Gasteiger partial charge in [-0.15, -0.1) is 0 Å². The van der Waals surface area contributed by atoms with E-state index in [-0.39, 0.29) is 18.1 Å². The number of rotatable bonds is 1. The lowest BCUT2D eigenvalue weighted by molar-refractivity contribution is -0.117. The zero-order valence-electron chi connectivity index (χ0n) is 10.6. The van der Waals surface area contributed by atoms with Crippen molar-refractivity contribution in [3.05, 3.63) is 22.7 Å². The molecular formula is C14H17BrN2O2. The number of halogens is 1. The van der Waals surface area contributed by atoms with Gasteiger partial charge in [0.25, 0.3) is 0 Å². The lowest BCUT2D eigenvalue weighted by atomic mass is 9.91. The highest BCUT2D eigenvalue weighted by Gasteiger charge is 2.32. The number of benzene rings is 1. The Labute approximate surface area is 120 Å². The second-order valence-corrected chi connectivity index (χ2v) is 6.16. The minimum atomic E-state index is -0.198. The lowest BCUT2D eigenvalue weighted by Gasteiger charge is -2.39. The monoisotopic (exact) mass is 324 g/mol. The third kappa shape index (κ3) is 2.49. The first kappa shape index (κ1) is 12.9. The number of anilines is 2. The molecule has 0 aromatic heterocycles. The van der Waals surface area contributed by atoms with Crippen molar-refractivity contribution in [3.63, 3.8) is 0 Å². The first-order valence-electron chi connectivity index (χ1n) is 6.68. The van der Waals surface area contributed by atoms with Crippen LogP contribution in [0.2, 0.25) is 0 Å². The van der Waals surface area contributed by atoms with Crippen LogP contribution in [0.25, 0.3) is 0 Å². The number of carbonyl (C=O) groups excluding carboxylic acids is 1. The number of nitrogens with zero attached hydrogens (tertiary/aromatic N) is 1. The van der Waals surface area contributed by atoms with Crippen LogP contribution in [0.4, 0.5) is 11.4 Å². The van der Waals surface area contributed by atoms with Crippen LogP contribution in [0.1, 0.15) is 25.7 Å². The smallest absolute Gasteiger partial charge is 0.246 e. The van der Waals surface area contributed by atoms with E-state index in [1.54, 1.807) is 0 Å². The number of aliphatic hydroxyl groups is 1. The number of amides is 1. The van der Waals surface area contributed by atoms with E-state index >= 15 is 0 Å². The Morgan fingerprint density at radius 3 is 2.74 bits per heavy atom. The second-order valence-electron chi connectivity index (χ2n) is 5.24. The molecule has 4 nitrogen and oxygen atoms in total. The topological polar surface area (TPSA) is 52.6 Å². The SMILES string of the molecule is O=C1CNc2ccc(Br)cc2N1C1CCC(O)CC1. The Balaban J connectivity index is 1.92. The van der Waals surface area contributed by atoms with Crippen LogP contribution in [0.15, 0.2) is 22.7 Å². The molecule has 2 N–H and O–H groups in total. The van der Waals surface area contributed by atoms with Gasteiger partial charge in [-0.2, -0.15) is 0 Å². The number of hydrogen-bond acceptors (Lipinski definition) is 3. The predicted molar refractivity (Wildman–Crippen MR) is 78.4 cm³/mol. The van der Waals surface area contributed by atoms with E-state index in [4.69, 9.17) is 0 Å². The van der Waals surface area contributed by atoms with E-state index in [9.17, 15) is 9.90 Å². The third-order valence-electron chi connectivity index (χ3n) is 3.95. The lowest BCUT2D eigenvalue weighted by Crippen LogP contribution is -2.48. The van der Waals surface area contributed by atoms with Gasteiger partial charge in [-0.3, -0.25) is 4.79 Å². The molecule has 0 spiro atoms. The first-order chi connectivity index (χ1) is 9.15. The second kappa shape index (κ2) is 5.13. The Kier molecular flexibility index (Phi) is 3.50. The van der Waals surface area contributed by atoms with Crippen molar-refractivity contribution in [1.29, 1.82) is 0 Å². The highest BCUT2D eigenvalue weighted by atomic mass is 79.9. The molecule has 1 aromatic rings. The standard InChI is InChI=1S/C14H17BrN2O2/c15-9-1-6-12-13(7-9)17(14(19)8-16-12)10-2-4-11(18)5-3-10/h1,6-7,10-11,16,18H,2-5,8H2. The van der Waals surface area contributed by atoms with Gasteiger partial charge in [0.15, 0.2) is 0 Å². The fourth-order valence-electron chi connectivity index (χ4n) is 2.96. The molecule has 1 fully saturated rings. The summed E-state index contributed by atoms with van der Waals surface area (Å²) in [5.74, 6) is 0.118. The first-order valence-corrected chi connectivity index (χ1v) is 7.48. The molecule has 1 aliphatic heterocycles. The van der Waals surface area contributed by atoms with E-state index in [0.29, 0.717) is 6.54 Å². The van der Waals surface area contributed by atoms with Gasteiger partial charge in [0, 0.05) is 10.5 Å². The summed E-state index contributed by atoms with van der Waals surface area (Å²) >= 11 is 3.47. The van der Waals surface area contributed by atoms with Gasteiger partial charge in [-0.25, -0.2) is 0 Å². The predicted octanol–water partition coefficient (Wildman–Crippen LogP) is 2.51. The van der Waals surface area contributed by atoms with E-state index in [1.165, 1.54) is 0 Å². The molecule has 0 unspecified atom stereocenters. The molecule has 0 atom stereocenters. The van der Waals surface area contributed by atoms with Crippen LogP contribution in [-0.4, -0.2) is 29.7 Å². The van der Waals surface area contributed by atoms with Gasteiger partial charge in [0.1, 0.15) is 0 Å². The van der Waals surface area contributed by atoms with E-state index < -0.39 is 0 Å². The molecule has 5 heteroatoms. The maximum absolute atomic E-state index is 12.2. The van der Waals surface area contributed by atoms with Crippen LogP contribution < -0.4 is 10.2 Å². The summed E-state index contributed by atoms with van der Waals surface area (Å²) in [6.07, 6.45) is 3.12. The van der Waals surface area contributed by atoms with Gasteiger partial charge in [0.2, 0.25) is 5.91 Å². The van der Waals surface area contributed by atoms with Crippen molar-refractivity contribution >= 4 is 33.2 Å². The highest BCUT2D eigenvalue weighted by Crippen LogP contribution is 2.36. The number of carbonyl (C=O) groups is 1. The van der Waals surface area contributed by atoms with Crippen LogP contribution in [0.3, 0.4) is 0 Å². The number of aliphatic hydroxyl groups excluding tert-OH is 1. The maximum Gasteiger partial charge on any atom is 0.246 e. The van der Waals surface area contributed by atoms with Gasteiger partial charge in [0.05, 0.1) is 24.0 Å². The van der Waals surface area contributed by atoms with Crippen molar-refractivity contribution in [2.45, 2.75) is 37.8 Å². The van der Waals surface area contributed by atoms with Crippen molar-refractivity contribution in [1.82, 2.24) is 0 Å². The largest absolute Gasteiger partial charge is 0.393 e. The molecule has 102 valence electrons. The zero-order chi connectivity index (χ0) is 13.4. The number of fused-ring (bicyclic) bond motifs is 1. The summed E-state index contributed by atoms with van der Waals surface area (Å²) < 4.78 is 0.976. The quantitative estimate of drug-likeness (QED) is 0.834. The fraction of sp³-hybridized carbons (Fsp3) is 0.500. The Bertz CT molecular complexity index is 498. The van der Waals surface area contributed by atoms with Gasteiger partial charge < -0.3 is 15.3 Å². The molecular weight excluding hydrogens is 308 g/mol. The highest BCUT2D eigenvalue weighted by molar-refractivity contribution is 9.10. The average molecular weight is 325 g/mol. The molecule has 19 heavy (non-hydrogen) atoms. The van der Waals surface area contributed by atoms with Crippen LogP contribution in [0, 0.1) is 0 Å². The van der Waals surface area contributed by atoms with Crippen LogP contribution >= 0.6 is 15.9 Å². The molecule has 0 radical (unpaired) electrons. The summed E-state index contributed by atoms with van der Waals surface area (Å²) in [4.78, 5) is 14.2. The summed E-state index contributed by atoms with van der Waals surface area (Å²) in [7, 11) is 0. The minimum absolute atomic E-state index is 0.118. The van der Waals surface area contributed by atoms with E-state index in [0.717, 1.165) is 41.5 Å². The maximum atomic E-state index is 12.2. The molecule has 3 rings (SSSR count). The minimum Gasteiger partial charge on any atom is -0.393 e. The summed E-state index contributed by atoms with van der Waals surface area (Å²) in [6.45, 7) is 0.355. The summed E-state index contributed by atoms with van der Waals surface area (Å²) in [5.41, 5.74) is 1.96. The van der Waals surface area contributed by atoms with Gasteiger partial charge in [-0.1, -0.05) is 15.9 Å². The van der Waals surface area contributed by atoms with Gasteiger partial charge >= 0.3 is 0 Å². The molecule has 1 saturated carbocycles. The molecule has 1 heterocycles. The average Bonchev–Trinajstić information content (AvgIpc) is 2.40. The van der Waals surface area contributed by atoms with Crippen LogP contribution in [-0.2, 0) is 4.79 Å². The van der Waals surface area contributed by atoms with E-state index in [1.807, 2.05) is 23.1 Å². The third-order valence-corrected chi connectivity index (χ3v) is 4.44. The Hall–Kier alpha value is -1.07. The van der Waals surface area contributed by atoms with Crippen molar-refractivity contribution < 1.29 is 9.90 Å². The normalized spacial score (nSPS) is 26.8. The van der Waals surface area contributed by atoms with Crippen LogP contribution in [0.5, 0.6) is 0 Å².